The van der Waals surface area contributed by atoms with Crippen molar-refractivity contribution in [3.63, 3.8) is 0 Å². The van der Waals surface area contributed by atoms with Crippen LogP contribution < -0.4 is 0 Å². The molecule has 0 bridgehead atoms. The average molecular weight is 247 g/mol. The largest absolute Gasteiger partial charge is 0.469 e. The number of hydrogen-bond donors (Lipinski definition) is 0. The predicted octanol–water partition coefficient (Wildman–Crippen LogP) is 2.60. The van der Waals surface area contributed by atoms with Crippen LogP contribution in [0.1, 0.15) is 11.3 Å². The molecule has 2 aromatic rings. The highest BCUT2D eigenvalue weighted by atomic mass is 32.1. The number of hydrogen-bond acceptors (Lipinski definition) is 5. The van der Waals surface area contributed by atoms with Gasteiger partial charge in [0.1, 0.15) is 18.3 Å². The van der Waals surface area contributed by atoms with Gasteiger partial charge in [-0.05, 0) is 17.5 Å². The number of esters is 1. The van der Waals surface area contributed by atoms with Crippen LogP contribution >= 0.6 is 11.3 Å². The molecule has 0 aromatic carbocycles. The van der Waals surface area contributed by atoms with Gasteiger partial charge in [0.15, 0.2) is 5.76 Å². The Kier molecular flexibility index (Phi) is 3.26. The van der Waals surface area contributed by atoms with Gasteiger partial charge in [-0.3, -0.25) is 4.79 Å². The van der Waals surface area contributed by atoms with Crippen molar-refractivity contribution in [3.05, 3.63) is 34.9 Å². The molecule has 86 valence electrons. The molecule has 0 unspecified atom stereocenters. The summed E-state index contributed by atoms with van der Waals surface area (Å²) in [6.07, 6.45) is 0.0382. The summed E-state index contributed by atoms with van der Waals surface area (Å²) in [6, 6.07) is 7.38. The van der Waals surface area contributed by atoms with E-state index in [1.165, 1.54) is 18.4 Å². The molecule has 0 aliphatic rings. The summed E-state index contributed by atoms with van der Waals surface area (Å²) in [5, 5.41) is 10.9. The van der Waals surface area contributed by atoms with Gasteiger partial charge in [-0.1, -0.05) is 6.07 Å². The van der Waals surface area contributed by atoms with E-state index in [9.17, 15) is 4.79 Å². The maximum absolute atomic E-state index is 11.1. The van der Waals surface area contributed by atoms with Crippen LogP contribution in [0.25, 0.3) is 10.6 Å². The van der Waals surface area contributed by atoms with E-state index >= 15 is 0 Å². The molecule has 5 heteroatoms. The van der Waals surface area contributed by atoms with Crippen LogP contribution in [0.5, 0.6) is 0 Å². The van der Waals surface area contributed by atoms with Crippen LogP contribution in [0.15, 0.2) is 28.0 Å². The Bertz CT molecular complexity index is 563. The van der Waals surface area contributed by atoms with Crippen LogP contribution in [0.4, 0.5) is 0 Å². The Balaban J connectivity index is 2.34. The van der Waals surface area contributed by atoms with Crippen molar-refractivity contribution in [2.75, 3.05) is 7.11 Å². The molecule has 0 saturated heterocycles. The Morgan fingerprint density at radius 2 is 2.47 bits per heavy atom. The molecule has 2 rings (SSSR count). The molecule has 0 saturated carbocycles. The Labute approximate surface area is 102 Å². The summed E-state index contributed by atoms with van der Waals surface area (Å²) < 4.78 is 10.1. The molecule has 17 heavy (non-hydrogen) atoms. The van der Waals surface area contributed by atoms with Gasteiger partial charge in [-0.25, -0.2) is 0 Å². The van der Waals surface area contributed by atoms with E-state index in [1.54, 1.807) is 6.07 Å². The zero-order valence-corrected chi connectivity index (χ0v) is 9.91. The number of carbonyl (C=O) groups excluding carboxylic acids is 1. The first-order chi connectivity index (χ1) is 8.24. The van der Waals surface area contributed by atoms with Crippen molar-refractivity contribution in [1.29, 1.82) is 5.26 Å². The average Bonchev–Trinajstić information content (AvgIpc) is 2.96. The lowest BCUT2D eigenvalue weighted by Gasteiger charge is -1.95. The maximum Gasteiger partial charge on any atom is 0.313 e. The van der Waals surface area contributed by atoms with Gasteiger partial charge in [0.05, 0.1) is 17.6 Å². The highest BCUT2D eigenvalue weighted by molar-refractivity contribution is 7.13. The second kappa shape index (κ2) is 4.85. The second-order valence-electron chi connectivity index (χ2n) is 3.30. The Morgan fingerprint density at radius 1 is 1.65 bits per heavy atom. The normalized spacial score (nSPS) is 9.88. The van der Waals surface area contributed by atoms with Crippen LogP contribution in [0.2, 0.25) is 0 Å². The third-order valence-electron chi connectivity index (χ3n) is 2.19. The predicted molar refractivity (Wildman–Crippen MR) is 62.5 cm³/mol. The van der Waals surface area contributed by atoms with E-state index < -0.39 is 0 Å². The maximum atomic E-state index is 11.1. The van der Waals surface area contributed by atoms with Gasteiger partial charge in [0, 0.05) is 0 Å². The van der Waals surface area contributed by atoms with Crippen molar-refractivity contribution in [3.8, 4) is 16.7 Å². The molecule has 0 aliphatic carbocycles. The SMILES string of the molecule is COC(=O)Cc1cc(C#N)c(-c2cccs2)o1. The van der Waals surface area contributed by atoms with E-state index in [2.05, 4.69) is 10.8 Å². The van der Waals surface area contributed by atoms with E-state index in [4.69, 9.17) is 9.68 Å². The molecule has 2 heterocycles. The van der Waals surface area contributed by atoms with Crippen LogP contribution in [-0.2, 0) is 16.0 Å². The molecule has 0 spiro atoms. The fourth-order valence-electron chi connectivity index (χ4n) is 1.42. The summed E-state index contributed by atoms with van der Waals surface area (Å²) in [5.41, 5.74) is 0.436. The van der Waals surface area contributed by atoms with Crippen molar-refractivity contribution >= 4 is 17.3 Å². The van der Waals surface area contributed by atoms with Crippen molar-refractivity contribution in [1.82, 2.24) is 0 Å². The van der Waals surface area contributed by atoms with Gasteiger partial charge in [0.25, 0.3) is 0 Å². The third-order valence-corrected chi connectivity index (χ3v) is 3.06. The summed E-state index contributed by atoms with van der Waals surface area (Å²) >= 11 is 1.48. The number of rotatable bonds is 3. The number of carbonyl (C=O) groups is 1. The zero-order valence-electron chi connectivity index (χ0n) is 9.10. The highest BCUT2D eigenvalue weighted by Gasteiger charge is 2.15. The van der Waals surface area contributed by atoms with Crippen LogP contribution in [0, 0.1) is 11.3 Å². The summed E-state index contributed by atoms with van der Waals surface area (Å²) in [7, 11) is 1.32. The van der Waals surface area contributed by atoms with Gasteiger partial charge >= 0.3 is 5.97 Å². The minimum Gasteiger partial charge on any atom is -0.469 e. The van der Waals surface area contributed by atoms with Crippen molar-refractivity contribution in [2.24, 2.45) is 0 Å². The lowest BCUT2D eigenvalue weighted by Crippen LogP contribution is -2.03. The molecule has 0 amide bonds. The quantitative estimate of drug-likeness (QED) is 0.782. The number of methoxy groups -OCH3 is 1. The minimum atomic E-state index is -0.388. The Hall–Kier alpha value is -2.06. The number of nitriles is 1. The molecule has 2 aromatic heterocycles. The molecule has 0 N–H and O–H groups in total. The number of ether oxygens (including phenoxy) is 1. The number of thiophene rings is 1. The lowest BCUT2D eigenvalue weighted by atomic mass is 10.2. The molecule has 0 atom stereocenters. The topological polar surface area (TPSA) is 63.2 Å². The van der Waals surface area contributed by atoms with Gasteiger partial charge in [-0.2, -0.15) is 5.26 Å². The summed E-state index contributed by atoms with van der Waals surface area (Å²) in [6.45, 7) is 0. The molecule has 0 aliphatic heterocycles. The van der Waals surface area contributed by atoms with Gasteiger partial charge in [0.2, 0.25) is 0 Å². The second-order valence-corrected chi connectivity index (χ2v) is 4.25. The van der Waals surface area contributed by atoms with Gasteiger partial charge in [-0.15, -0.1) is 11.3 Å². The van der Waals surface area contributed by atoms with E-state index in [0.29, 0.717) is 17.1 Å². The highest BCUT2D eigenvalue weighted by Crippen LogP contribution is 2.30. The third kappa shape index (κ3) is 2.37. The first-order valence-corrected chi connectivity index (χ1v) is 5.76. The first kappa shape index (κ1) is 11.4. The smallest absolute Gasteiger partial charge is 0.313 e. The van der Waals surface area contributed by atoms with E-state index in [1.807, 2.05) is 17.5 Å². The fraction of sp³-hybridized carbons (Fsp3) is 0.167. The molecule has 0 radical (unpaired) electrons. The van der Waals surface area contributed by atoms with Crippen LogP contribution in [-0.4, -0.2) is 13.1 Å². The van der Waals surface area contributed by atoms with E-state index in [-0.39, 0.29) is 12.4 Å². The summed E-state index contributed by atoms with van der Waals surface area (Å²) in [5.74, 6) is 0.569. The standard InChI is InChI=1S/C12H9NO3S/c1-15-11(14)6-9-5-8(7-13)12(16-9)10-3-2-4-17-10/h2-5H,6H2,1H3. The van der Waals surface area contributed by atoms with E-state index in [0.717, 1.165) is 4.88 Å². The molecule has 4 nitrogen and oxygen atoms in total. The molecular formula is C12H9NO3S. The number of furan rings is 1. The lowest BCUT2D eigenvalue weighted by molar-refractivity contribution is -0.140. The number of nitrogens with zero attached hydrogens (tertiary/aromatic N) is 1. The monoisotopic (exact) mass is 247 g/mol. The van der Waals surface area contributed by atoms with Crippen LogP contribution in [0.3, 0.4) is 0 Å². The Morgan fingerprint density at radius 3 is 3.06 bits per heavy atom. The molecule has 0 fully saturated rings. The van der Waals surface area contributed by atoms with Gasteiger partial charge < -0.3 is 9.15 Å². The van der Waals surface area contributed by atoms with Crippen molar-refractivity contribution in [2.45, 2.75) is 6.42 Å². The fourth-order valence-corrected chi connectivity index (χ4v) is 2.14. The molecular weight excluding hydrogens is 238 g/mol. The minimum absolute atomic E-state index is 0.0382. The first-order valence-electron chi connectivity index (χ1n) is 4.88. The zero-order chi connectivity index (χ0) is 12.3. The van der Waals surface area contributed by atoms with Crippen molar-refractivity contribution < 1.29 is 13.9 Å². The summed E-state index contributed by atoms with van der Waals surface area (Å²) in [4.78, 5) is 12.0.